The van der Waals surface area contributed by atoms with Crippen LogP contribution in [0.15, 0.2) is 74.5 Å². The average molecular weight is 430 g/mol. The molecule has 0 bridgehead atoms. The standard InChI is InChI=1S/C21H13Cl2NO5/c22-12-7-8-16-13(10-12)19(26)21(20(29-16)17-6-3-9-27-17)28-11-18(25)24-15-5-2-1-4-14(15)23/h1-10H,11H2,(H,24,25). The van der Waals surface area contributed by atoms with Crippen LogP contribution in [0.2, 0.25) is 10.0 Å². The first kappa shape index (κ1) is 19.1. The molecule has 4 rings (SSSR count). The van der Waals surface area contributed by atoms with Crippen LogP contribution in [-0.2, 0) is 4.79 Å². The van der Waals surface area contributed by atoms with Crippen LogP contribution in [0.3, 0.4) is 0 Å². The summed E-state index contributed by atoms with van der Waals surface area (Å²) in [6, 6.07) is 14.7. The van der Waals surface area contributed by atoms with Crippen molar-refractivity contribution >= 4 is 45.8 Å². The molecule has 2 heterocycles. The van der Waals surface area contributed by atoms with Gasteiger partial charge in [-0.15, -0.1) is 0 Å². The van der Waals surface area contributed by atoms with Gasteiger partial charge in [-0.25, -0.2) is 0 Å². The van der Waals surface area contributed by atoms with Gasteiger partial charge in [-0.2, -0.15) is 0 Å². The molecule has 0 fully saturated rings. The zero-order valence-electron chi connectivity index (χ0n) is 14.8. The molecule has 2 aromatic heterocycles. The molecular weight excluding hydrogens is 417 g/mol. The highest BCUT2D eigenvalue weighted by Crippen LogP contribution is 2.32. The van der Waals surface area contributed by atoms with E-state index in [0.717, 1.165) is 0 Å². The number of carbonyl (C=O) groups excluding carboxylic acids is 1. The third-order valence-corrected chi connectivity index (χ3v) is 4.62. The quantitative estimate of drug-likeness (QED) is 0.460. The summed E-state index contributed by atoms with van der Waals surface area (Å²) >= 11 is 12.0. The van der Waals surface area contributed by atoms with Crippen molar-refractivity contribution in [2.45, 2.75) is 0 Å². The van der Waals surface area contributed by atoms with E-state index in [1.807, 2.05) is 0 Å². The van der Waals surface area contributed by atoms with Gasteiger partial charge in [-0.1, -0.05) is 35.3 Å². The van der Waals surface area contributed by atoms with Gasteiger partial charge in [0.1, 0.15) is 5.58 Å². The normalized spacial score (nSPS) is 10.8. The lowest BCUT2D eigenvalue weighted by Crippen LogP contribution is -2.22. The van der Waals surface area contributed by atoms with E-state index in [-0.39, 0.29) is 16.9 Å². The van der Waals surface area contributed by atoms with Crippen LogP contribution in [0.4, 0.5) is 5.69 Å². The lowest BCUT2D eigenvalue weighted by Gasteiger charge is -2.11. The number of carbonyl (C=O) groups is 1. The predicted molar refractivity (Wildman–Crippen MR) is 111 cm³/mol. The number of anilines is 1. The van der Waals surface area contributed by atoms with Gasteiger partial charge >= 0.3 is 0 Å². The average Bonchev–Trinajstić information content (AvgIpc) is 3.24. The molecule has 0 spiro atoms. The van der Waals surface area contributed by atoms with Gasteiger partial charge in [0.15, 0.2) is 12.4 Å². The molecular formula is C21H13Cl2NO5. The Kier molecular flexibility index (Phi) is 5.29. The van der Waals surface area contributed by atoms with E-state index < -0.39 is 17.9 Å². The summed E-state index contributed by atoms with van der Waals surface area (Å²) in [4.78, 5) is 25.3. The molecule has 6 nitrogen and oxygen atoms in total. The smallest absolute Gasteiger partial charge is 0.262 e. The maximum Gasteiger partial charge on any atom is 0.262 e. The Morgan fingerprint density at radius 2 is 1.90 bits per heavy atom. The molecule has 1 amide bonds. The first-order valence-electron chi connectivity index (χ1n) is 8.50. The van der Waals surface area contributed by atoms with E-state index in [1.165, 1.54) is 12.3 Å². The van der Waals surface area contributed by atoms with Crippen molar-refractivity contribution in [1.29, 1.82) is 0 Å². The maximum absolute atomic E-state index is 13.0. The zero-order chi connectivity index (χ0) is 20.4. The number of amides is 1. The molecule has 146 valence electrons. The van der Waals surface area contributed by atoms with Gasteiger partial charge in [0.05, 0.1) is 22.4 Å². The Morgan fingerprint density at radius 1 is 1.07 bits per heavy atom. The molecule has 0 atom stereocenters. The van der Waals surface area contributed by atoms with Crippen molar-refractivity contribution < 1.29 is 18.4 Å². The first-order valence-corrected chi connectivity index (χ1v) is 9.26. The largest absolute Gasteiger partial charge is 0.476 e. The highest BCUT2D eigenvalue weighted by molar-refractivity contribution is 6.33. The number of fused-ring (bicyclic) bond motifs is 1. The minimum Gasteiger partial charge on any atom is -0.476 e. The topological polar surface area (TPSA) is 81.7 Å². The number of furan rings is 1. The van der Waals surface area contributed by atoms with Crippen LogP contribution in [-0.4, -0.2) is 12.5 Å². The van der Waals surface area contributed by atoms with Crippen molar-refractivity contribution in [2.75, 3.05) is 11.9 Å². The molecule has 0 radical (unpaired) electrons. The summed E-state index contributed by atoms with van der Waals surface area (Å²) < 4.78 is 16.7. The molecule has 2 aromatic carbocycles. The van der Waals surface area contributed by atoms with E-state index in [9.17, 15) is 9.59 Å². The SMILES string of the molecule is O=C(COc1c(-c2ccco2)oc2ccc(Cl)cc2c1=O)Nc1ccccc1Cl. The number of hydrogen-bond acceptors (Lipinski definition) is 5. The fourth-order valence-corrected chi connectivity index (χ4v) is 3.09. The van der Waals surface area contributed by atoms with Crippen molar-refractivity contribution in [2.24, 2.45) is 0 Å². The van der Waals surface area contributed by atoms with Gasteiger partial charge in [-0.05, 0) is 42.5 Å². The van der Waals surface area contributed by atoms with E-state index >= 15 is 0 Å². The second-order valence-corrected chi connectivity index (χ2v) is 6.87. The van der Waals surface area contributed by atoms with Crippen LogP contribution in [0.5, 0.6) is 5.75 Å². The van der Waals surface area contributed by atoms with Crippen molar-refractivity contribution in [3.05, 3.63) is 81.1 Å². The van der Waals surface area contributed by atoms with Gasteiger partial charge in [0.25, 0.3) is 5.91 Å². The Labute approximate surface area is 174 Å². The van der Waals surface area contributed by atoms with Crippen LogP contribution >= 0.6 is 23.2 Å². The zero-order valence-corrected chi connectivity index (χ0v) is 16.3. The van der Waals surface area contributed by atoms with Gasteiger partial charge in [-0.3, -0.25) is 9.59 Å². The van der Waals surface area contributed by atoms with Crippen LogP contribution in [0.1, 0.15) is 0 Å². The number of nitrogens with one attached hydrogen (secondary N) is 1. The van der Waals surface area contributed by atoms with Crippen LogP contribution in [0.25, 0.3) is 22.5 Å². The summed E-state index contributed by atoms with van der Waals surface area (Å²) in [5.41, 5.74) is 0.288. The van der Waals surface area contributed by atoms with Gasteiger partial charge in [0, 0.05) is 5.02 Å². The van der Waals surface area contributed by atoms with E-state index in [1.54, 1.807) is 48.5 Å². The first-order chi connectivity index (χ1) is 14.0. The number of rotatable bonds is 5. The lowest BCUT2D eigenvalue weighted by molar-refractivity contribution is -0.118. The molecule has 0 unspecified atom stereocenters. The van der Waals surface area contributed by atoms with Crippen LogP contribution < -0.4 is 15.5 Å². The van der Waals surface area contributed by atoms with E-state index in [4.69, 9.17) is 36.8 Å². The molecule has 0 aliphatic heterocycles. The van der Waals surface area contributed by atoms with Crippen LogP contribution in [0, 0.1) is 0 Å². The monoisotopic (exact) mass is 429 g/mol. The summed E-state index contributed by atoms with van der Waals surface area (Å²) in [5.74, 6) is -0.265. The molecule has 1 N–H and O–H groups in total. The molecule has 0 saturated carbocycles. The number of para-hydroxylation sites is 1. The van der Waals surface area contributed by atoms with E-state index in [2.05, 4.69) is 5.32 Å². The predicted octanol–water partition coefficient (Wildman–Crippen LogP) is 5.38. The van der Waals surface area contributed by atoms with Gasteiger partial charge < -0.3 is 18.9 Å². The molecule has 0 aliphatic carbocycles. The lowest BCUT2D eigenvalue weighted by atomic mass is 10.2. The van der Waals surface area contributed by atoms with Gasteiger partial charge in [0.2, 0.25) is 16.9 Å². The second kappa shape index (κ2) is 8.03. The molecule has 0 saturated heterocycles. The second-order valence-electron chi connectivity index (χ2n) is 6.02. The number of benzene rings is 2. The van der Waals surface area contributed by atoms with Crippen molar-refractivity contribution in [3.8, 4) is 17.3 Å². The minimum absolute atomic E-state index is 0.0837. The van der Waals surface area contributed by atoms with Crippen molar-refractivity contribution in [3.63, 3.8) is 0 Å². The number of hydrogen-bond donors (Lipinski definition) is 1. The molecule has 8 heteroatoms. The van der Waals surface area contributed by atoms with Crippen molar-refractivity contribution in [1.82, 2.24) is 0 Å². The molecule has 0 aliphatic rings. The molecule has 29 heavy (non-hydrogen) atoms. The Bertz CT molecular complexity index is 1250. The number of halogens is 2. The summed E-state index contributed by atoms with van der Waals surface area (Å²) in [7, 11) is 0. The summed E-state index contributed by atoms with van der Waals surface area (Å²) in [6.07, 6.45) is 1.44. The minimum atomic E-state index is -0.492. The fourth-order valence-electron chi connectivity index (χ4n) is 2.74. The highest BCUT2D eigenvalue weighted by atomic mass is 35.5. The van der Waals surface area contributed by atoms with E-state index in [0.29, 0.717) is 27.1 Å². The number of ether oxygens (including phenoxy) is 1. The Hall–Kier alpha value is -3.22. The maximum atomic E-state index is 13.0. The Morgan fingerprint density at radius 3 is 2.66 bits per heavy atom. The Balaban J connectivity index is 1.67. The highest BCUT2D eigenvalue weighted by Gasteiger charge is 2.21. The summed E-state index contributed by atoms with van der Waals surface area (Å²) in [5, 5.41) is 3.62. The summed E-state index contributed by atoms with van der Waals surface area (Å²) in [6.45, 7) is -0.435. The fraction of sp³-hybridized carbons (Fsp3) is 0.0476. The third kappa shape index (κ3) is 3.99. The molecule has 4 aromatic rings. The third-order valence-electron chi connectivity index (χ3n) is 4.05.